The van der Waals surface area contributed by atoms with Crippen molar-refractivity contribution in [1.29, 1.82) is 0 Å². The lowest BCUT2D eigenvalue weighted by atomic mass is 10.1. The van der Waals surface area contributed by atoms with Crippen molar-refractivity contribution >= 4 is 32.7 Å². The second-order valence-electron chi connectivity index (χ2n) is 7.09. The standard InChI is InChI=1S/C23H17NO6S2/c25-23(26)21-22(31-16-10-11-18-19(12-16)30-14-29-18)17-8-4-5-9-20(17)32(27,28)24(21)13-15-6-2-1-3-7-15/h1-12H,13-14H2,(H,25,26). The van der Waals surface area contributed by atoms with Crippen molar-refractivity contribution in [2.75, 3.05) is 6.79 Å². The molecule has 2 aliphatic rings. The monoisotopic (exact) mass is 467 g/mol. The van der Waals surface area contributed by atoms with Gasteiger partial charge in [-0.15, -0.1) is 0 Å². The van der Waals surface area contributed by atoms with Crippen LogP contribution in [0.5, 0.6) is 11.5 Å². The van der Waals surface area contributed by atoms with Crippen LogP contribution in [-0.4, -0.2) is 30.6 Å². The van der Waals surface area contributed by atoms with E-state index in [4.69, 9.17) is 9.47 Å². The van der Waals surface area contributed by atoms with Gasteiger partial charge in [-0.3, -0.25) is 4.31 Å². The first-order valence-corrected chi connectivity index (χ1v) is 11.9. The molecule has 0 fully saturated rings. The van der Waals surface area contributed by atoms with Crippen molar-refractivity contribution in [1.82, 2.24) is 4.31 Å². The van der Waals surface area contributed by atoms with Crippen LogP contribution >= 0.6 is 11.8 Å². The van der Waals surface area contributed by atoms with Crippen LogP contribution in [0, 0.1) is 0 Å². The van der Waals surface area contributed by atoms with Crippen LogP contribution in [0.3, 0.4) is 0 Å². The smallest absolute Gasteiger partial charge is 0.354 e. The Morgan fingerprint density at radius 1 is 0.969 bits per heavy atom. The summed E-state index contributed by atoms with van der Waals surface area (Å²) in [6.45, 7) is 0.0306. The topological polar surface area (TPSA) is 93.1 Å². The largest absolute Gasteiger partial charge is 0.477 e. The molecule has 1 N–H and O–H groups in total. The summed E-state index contributed by atoms with van der Waals surface area (Å²) in [5.41, 5.74) is 0.758. The Hall–Kier alpha value is -3.43. The highest BCUT2D eigenvalue weighted by molar-refractivity contribution is 8.08. The summed E-state index contributed by atoms with van der Waals surface area (Å²) < 4.78 is 38.7. The third-order valence-electron chi connectivity index (χ3n) is 5.10. The summed E-state index contributed by atoms with van der Waals surface area (Å²) in [6, 6.07) is 20.7. The molecule has 0 unspecified atom stereocenters. The van der Waals surface area contributed by atoms with Crippen LogP contribution in [-0.2, 0) is 21.4 Å². The molecule has 0 aliphatic carbocycles. The highest BCUT2D eigenvalue weighted by atomic mass is 32.2. The predicted molar refractivity (Wildman–Crippen MR) is 119 cm³/mol. The number of carboxylic acids is 1. The van der Waals surface area contributed by atoms with E-state index in [1.807, 2.05) is 6.07 Å². The first kappa shape index (κ1) is 20.5. The number of ether oxygens (including phenoxy) is 2. The van der Waals surface area contributed by atoms with Crippen molar-refractivity contribution in [3.05, 3.63) is 89.6 Å². The Morgan fingerprint density at radius 3 is 2.47 bits per heavy atom. The summed E-state index contributed by atoms with van der Waals surface area (Å²) in [7, 11) is -4.07. The number of hydrogen-bond donors (Lipinski definition) is 1. The van der Waals surface area contributed by atoms with Gasteiger partial charge in [0, 0.05) is 10.5 Å². The van der Waals surface area contributed by atoms with Crippen molar-refractivity contribution in [2.24, 2.45) is 0 Å². The number of aliphatic carboxylic acids is 1. The summed E-state index contributed by atoms with van der Waals surface area (Å²) >= 11 is 1.18. The van der Waals surface area contributed by atoms with Gasteiger partial charge in [-0.2, -0.15) is 0 Å². The molecule has 0 amide bonds. The van der Waals surface area contributed by atoms with Crippen LogP contribution in [0.25, 0.3) is 4.91 Å². The number of fused-ring (bicyclic) bond motifs is 2. The summed E-state index contributed by atoms with van der Waals surface area (Å²) in [4.78, 5) is 13.5. The number of hydrogen-bond acceptors (Lipinski definition) is 6. The zero-order valence-corrected chi connectivity index (χ0v) is 18.2. The SMILES string of the molecule is O=C(O)C1=C(Sc2ccc3c(c2)OCO3)c2ccccc2S(=O)(=O)N1Cc1ccccc1. The lowest BCUT2D eigenvalue weighted by molar-refractivity contribution is -0.133. The van der Waals surface area contributed by atoms with Crippen LogP contribution < -0.4 is 9.47 Å². The second kappa shape index (κ2) is 7.92. The molecule has 162 valence electrons. The van der Waals surface area contributed by atoms with Gasteiger partial charge in [-0.1, -0.05) is 60.3 Å². The molecule has 0 radical (unpaired) electrons. The van der Waals surface area contributed by atoms with Gasteiger partial charge in [0.15, 0.2) is 17.2 Å². The number of sulfonamides is 1. The molecule has 3 aromatic carbocycles. The number of carbonyl (C=O) groups is 1. The molecule has 9 heteroatoms. The van der Waals surface area contributed by atoms with E-state index in [1.54, 1.807) is 60.7 Å². The highest BCUT2D eigenvalue weighted by Crippen LogP contribution is 2.47. The van der Waals surface area contributed by atoms with Crippen molar-refractivity contribution in [2.45, 2.75) is 16.3 Å². The molecule has 2 aliphatic heterocycles. The zero-order chi connectivity index (χ0) is 22.3. The molecule has 2 heterocycles. The molecule has 0 atom stereocenters. The lowest BCUT2D eigenvalue weighted by Gasteiger charge is -2.32. The maximum absolute atomic E-state index is 13.5. The number of thioether (sulfide) groups is 1. The van der Waals surface area contributed by atoms with Crippen molar-refractivity contribution in [3.63, 3.8) is 0 Å². The predicted octanol–water partition coefficient (Wildman–Crippen LogP) is 4.17. The quantitative estimate of drug-likeness (QED) is 0.602. The Balaban J connectivity index is 1.68. The van der Waals surface area contributed by atoms with Crippen LogP contribution in [0.15, 0.2) is 88.3 Å². The maximum atomic E-state index is 13.5. The molecule has 0 aromatic heterocycles. The van der Waals surface area contributed by atoms with Gasteiger partial charge in [-0.25, -0.2) is 13.2 Å². The molecule has 5 rings (SSSR count). The van der Waals surface area contributed by atoms with E-state index in [-0.39, 0.29) is 23.9 Å². The van der Waals surface area contributed by atoms with Crippen LogP contribution in [0.1, 0.15) is 11.1 Å². The first-order valence-electron chi connectivity index (χ1n) is 9.66. The number of nitrogens with zero attached hydrogens (tertiary/aromatic N) is 1. The van der Waals surface area contributed by atoms with E-state index in [0.717, 1.165) is 4.31 Å². The second-order valence-corrected chi connectivity index (χ2v) is 10.0. The number of rotatable bonds is 5. The average Bonchev–Trinajstić information content (AvgIpc) is 3.26. The fourth-order valence-corrected chi connectivity index (χ4v) is 6.54. The minimum atomic E-state index is -4.07. The van der Waals surface area contributed by atoms with Gasteiger partial charge in [0.2, 0.25) is 6.79 Å². The molecule has 0 saturated carbocycles. The average molecular weight is 468 g/mol. The van der Waals surface area contributed by atoms with Gasteiger partial charge in [-0.05, 0) is 29.8 Å². The van der Waals surface area contributed by atoms with E-state index < -0.39 is 16.0 Å². The van der Waals surface area contributed by atoms with Crippen LogP contribution in [0.2, 0.25) is 0 Å². The van der Waals surface area contributed by atoms with E-state index in [2.05, 4.69) is 0 Å². The fraction of sp³-hybridized carbons (Fsp3) is 0.0870. The van der Waals surface area contributed by atoms with E-state index in [9.17, 15) is 18.3 Å². The molecule has 0 bridgehead atoms. The third kappa shape index (κ3) is 3.49. The normalized spacial score (nSPS) is 16.1. The Morgan fingerprint density at radius 2 is 1.69 bits per heavy atom. The minimum Gasteiger partial charge on any atom is -0.477 e. The van der Waals surface area contributed by atoms with Gasteiger partial charge >= 0.3 is 5.97 Å². The Kier molecular flexibility index (Phi) is 5.07. The molecule has 0 saturated heterocycles. The molecule has 0 spiro atoms. The van der Waals surface area contributed by atoms with Crippen molar-refractivity contribution < 1.29 is 27.8 Å². The molecular weight excluding hydrogens is 450 g/mol. The van der Waals surface area contributed by atoms with Gasteiger partial charge < -0.3 is 14.6 Å². The fourth-order valence-electron chi connectivity index (χ4n) is 3.64. The Labute approximate surface area is 188 Å². The minimum absolute atomic E-state index is 0.0733. The van der Waals surface area contributed by atoms with Crippen LogP contribution in [0.4, 0.5) is 0 Å². The van der Waals surface area contributed by atoms with Crippen molar-refractivity contribution in [3.8, 4) is 11.5 Å². The number of carboxylic acid groups (broad SMARTS) is 1. The molecule has 32 heavy (non-hydrogen) atoms. The molecule has 7 nitrogen and oxygen atoms in total. The first-order chi connectivity index (χ1) is 15.4. The lowest BCUT2D eigenvalue weighted by Crippen LogP contribution is -2.37. The highest BCUT2D eigenvalue weighted by Gasteiger charge is 2.40. The summed E-state index contributed by atoms with van der Waals surface area (Å²) in [5, 5.41) is 10.1. The molecular formula is C23H17NO6S2. The third-order valence-corrected chi connectivity index (χ3v) is 8.01. The van der Waals surface area contributed by atoms with E-state index in [0.29, 0.717) is 32.4 Å². The van der Waals surface area contributed by atoms with E-state index in [1.165, 1.54) is 17.8 Å². The summed E-state index contributed by atoms with van der Waals surface area (Å²) in [5.74, 6) is -0.147. The number of benzene rings is 3. The van der Waals surface area contributed by atoms with Gasteiger partial charge in [0.05, 0.1) is 16.3 Å². The zero-order valence-electron chi connectivity index (χ0n) is 16.6. The molecule has 3 aromatic rings. The maximum Gasteiger partial charge on any atom is 0.354 e. The summed E-state index contributed by atoms with van der Waals surface area (Å²) in [6.07, 6.45) is 0. The Bertz CT molecular complexity index is 1350. The van der Waals surface area contributed by atoms with E-state index >= 15 is 0 Å². The van der Waals surface area contributed by atoms with Gasteiger partial charge in [0.25, 0.3) is 10.0 Å². The van der Waals surface area contributed by atoms with Gasteiger partial charge in [0.1, 0.15) is 0 Å².